The van der Waals surface area contributed by atoms with Gasteiger partial charge in [0, 0.05) is 29.6 Å². The second-order valence-electron chi connectivity index (χ2n) is 11.0. The molecule has 0 bridgehead atoms. The van der Waals surface area contributed by atoms with E-state index >= 15 is 0 Å². The summed E-state index contributed by atoms with van der Waals surface area (Å²) < 4.78 is 0. The molecule has 5 rings (SSSR count). The number of para-hydroxylation sites is 1. The Morgan fingerprint density at radius 2 is 1.59 bits per heavy atom. The highest BCUT2D eigenvalue weighted by molar-refractivity contribution is 5.85. The molecule has 3 aromatic rings. The Balaban J connectivity index is 1.71. The van der Waals surface area contributed by atoms with Crippen molar-refractivity contribution < 1.29 is 0 Å². The van der Waals surface area contributed by atoms with Gasteiger partial charge in [-0.1, -0.05) is 84.9 Å². The van der Waals surface area contributed by atoms with Crippen LogP contribution in [-0.2, 0) is 5.41 Å². The van der Waals surface area contributed by atoms with Gasteiger partial charge in [0.25, 0.3) is 0 Å². The van der Waals surface area contributed by atoms with E-state index < -0.39 is 0 Å². The average Bonchev–Trinajstić information content (AvgIpc) is 3.13. The van der Waals surface area contributed by atoms with Gasteiger partial charge in [-0.2, -0.15) is 0 Å². The van der Waals surface area contributed by atoms with Crippen LogP contribution < -0.4 is 9.80 Å². The second kappa shape index (κ2) is 8.11. The van der Waals surface area contributed by atoms with Crippen molar-refractivity contribution in [1.29, 1.82) is 0 Å². The van der Waals surface area contributed by atoms with Gasteiger partial charge in [0.2, 0.25) is 0 Å². The van der Waals surface area contributed by atoms with Gasteiger partial charge in [-0.25, -0.2) is 9.97 Å². The van der Waals surface area contributed by atoms with E-state index in [1.54, 1.807) is 0 Å². The smallest absolute Gasteiger partial charge is 0.162 e. The summed E-state index contributed by atoms with van der Waals surface area (Å²) in [4.78, 5) is 15.1. The SMILES string of the molecule is CCC1(C)c2ccccc2N2c3cnc(-c4c(C(C)C)cccc4C(C)C)nc3N(C)C2C1C. The average molecular weight is 455 g/mol. The van der Waals surface area contributed by atoms with E-state index in [1.807, 2.05) is 0 Å². The molecule has 3 atom stereocenters. The van der Waals surface area contributed by atoms with E-state index in [4.69, 9.17) is 9.97 Å². The van der Waals surface area contributed by atoms with Crippen LogP contribution in [0.2, 0.25) is 0 Å². The van der Waals surface area contributed by atoms with Crippen molar-refractivity contribution in [1.82, 2.24) is 9.97 Å². The summed E-state index contributed by atoms with van der Waals surface area (Å²) in [7, 11) is 2.21. The summed E-state index contributed by atoms with van der Waals surface area (Å²) >= 11 is 0. The monoisotopic (exact) mass is 454 g/mol. The van der Waals surface area contributed by atoms with Crippen molar-refractivity contribution in [3.05, 3.63) is 65.4 Å². The first-order valence-corrected chi connectivity index (χ1v) is 12.8. The molecular weight excluding hydrogens is 416 g/mol. The van der Waals surface area contributed by atoms with Gasteiger partial charge in [-0.05, 0) is 41.0 Å². The molecule has 0 aliphatic carbocycles. The van der Waals surface area contributed by atoms with Crippen molar-refractivity contribution in [2.75, 3.05) is 16.8 Å². The third-order valence-corrected chi connectivity index (χ3v) is 8.57. The summed E-state index contributed by atoms with van der Waals surface area (Å²) in [6, 6.07) is 15.6. The molecule has 0 N–H and O–H groups in total. The van der Waals surface area contributed by atoms with Crippen LogP contribution in [0.3, 0.4) is 0 Å². The lowest BCUT2D eigenvalue weighted by atomic mass is 9.66. The van der Waals surface area contributed by atoms with Gasteiger partial charge in [-0.15, -0.1) is 0 Å². The first-order valence-electron chi connectivity index (χ1n) is 12.8. The highest BCUT2D eigenvalue weighted by atomic mass is 15.4. The van der Waals surface area contributed by atoms with Gasteiger partial charge in [0.1, 0.15) is 11.9 Å². The molecule has 3 heterocycles. The molecule has 3 unspecified atom stereocenters. The Morgan fingerprint density at radius 3 is 2.21 bits per heavy atom. The summed E-state index contributed by atoms with van der Waals surface area (Å²) in [5, 5.41) is 0. The third kappa shape index (κ3) is 3.10. The molecule has 0 saturated heterocycles. The first kappa shape index (κ1) is 22.9. The fraction of sp³-hybridized carbons (Fsp3) is 0.467. The van der Waals surface area contributed by atoms with Crippen LogP contribution in [0.25, 0.3) is 11.4 Å². The topological polar surface area (TPSA) is 32.3 Å². The van der Waals surface area contributed by atoms with Gasteiger partial charge >= 0.3 is 0 Å². The number of nitrogens with zero attached hydrogens (tertiary/aromatic N) is 4. The molecule has 2 aliphatic rings. The maximum atomic E-state index is 5.27. The van der Waals surface area contributed by atoms with Crippen LogP contribution in [-0.4, -0.2) is 23.2 Å². The highest BCUT2D eigenvalue weighted by Crippen LogP contribution is 2.56. The zero-order valence-corrected chi connectivity index (χ0v) is 21.9. The van der Waals surface area contributed by atoms with E-state index in [0.717, 1.165) is 23.8 Å². The molecular formula is C30H38N4. The highest BCUT2D eigenvalue weighted by Gasteiger charge is 2.51. The van der Waals surface area contributed by atoms with E-state index in [1.165, 1.54) is 27.9 Å². The number of aromatic nitrogens is 2. The Kier molecular flexibility index (Phi) is 5.46. The van der Waals surface area contributed by atoms with Crippen molar-refractivity contribution in [3.8, 4) is 11.4 Å². The summed E-state index contributed by atoms with van der Waals surface area (Å²) in [5.74, 6) is 3.13. The maximum Gasteiger partial charge on any atom is 0.162 e. The number of rotatable bonds is 4. The number of fused-ring (bicyclic) bond motifs is 5. The summed E-state index contributed by atoms with van der Waals surface area (Å²) in [5.41, 5.74) is 7.80. The van der Waals surface area contributed by atoms with Gasteiger partial charge < -0.3 is 9.80 Å². The predicted octanol–water partition coefficient (Wildman–Crippen LogP) is 7.62. The zero-order chi connectivity index (χ0) is 24.4. The lowest BCUT2D eigenvalue weighted by Crippen LogP contribution is -2.54. The Hall–Kier alpha value is -2.88. The Morgan fingerprint density at radius 1 is 0.941 bits per heavy atom. The number of benzene rings is 2. The summed E-state index contributed by atoms with van der Waals surface area (Å²) in [6.45, 7) is 16.2. The molecule has 0 amide bonds. The normalized spacial score (nSPS) is 23.4. The molecule has 0 radical (unpaired) electrons. The molecule has 34 heavy (non-hydrogen) atoms. The standard InChI is InChI=1S/C30H38N4/c1-9-30(7)20(6)29-33(8)28-25(34(29)24-16-11-10-15-23(24)30)17-31-27(32-28)26-21(18(2)3)13-12-14-22(26)19(4)5/h10-20,29H,9H2,1-8H3. The Labute approximate surface area is 205 Å². The molecule has 2 aliphatic heterocycles. The molecule has 1 aromatic heterocycles. The first-order chi connectivity index (χ1) is 16.2. The van der Waals surface area contributed by atoms with Gasteiger partial charge in [0.15, 0.2) is 11.6 Å². The number of anilines is 3. The molecule has 0 fully saturated rings. The number of hydrogen-bond acceptors (Lipinski definition) is 4. The van der Waals surface area contributed by atoms with Crippen LogP contribution in [0.4, 0.5) is 17.2 Å². The quantitative estimate of drug-likeness (QED) is 0.406. The van der Waals surface area contributed by atoms with E-state index in [9.17, 15) is 0 Å². The minimum atomic E-state index is 0.110. The zero-order valence-electron chi connectivity index (χ0n) is 21.9. The van der Waals surface area contributed by atoms with E-state index in [-0.39, 0.29) is 11.6 Å². The van der Waals surface area contributed by atoms with Gasteiger partial charge in [-0.3, -0.25) is 0 Å². The molecule has 2 aromatic carbocycles. The Bertz CT molecular complexity index is 1200. The van der Waals surface area contributed by atoms with Crippen LogP contribution >= 0.6 is 0 Å². The molecule has 4 heteroatoms. The van der Waals surface area contributed by atoms with Crippen molar-refractivity contribution in [3.63, 3.8) is 0 Å². The van der Waals surface area contributed by atoms with E-state index in [2.05, 4.69) is 114 Å². The minimum absolute atomic E-state index is 0.110. The lowest BCUT2D eigenvalue weighted by molar-refractivity contribution is 0.246. The van der Waals surface area contributed by atoms with Crippen LogP contribution in [0, 0.1) is 5.92 Å². The second-order valence-corrected chi connectivity index (χ2v) is 11.0. The van der Waals surface area contributed by atoms with Crippen LogP contribution in [0.15, 0.2) is 48.7 Å². The molecule has 178 valence electrons. The van der Waals surface area contributed by atoms with Gasteiger partial charge in [0.05, 0.1) is 6.20 Å². The molecule has 0 spiro atoms. The maximum absolute atomic E-state index is 5.27. The largest absolute Gasteiger partial charge is 0.337 e. The summed E-state index contributed by atoms with van der Waals surface area (Å²) in [6.07, 6.45) is 3.40. The van der Waals surface area contributed by atoms with Crippen molar-refractivity contribution in [2.24, 2.45) is 5.92 Å². The van der Waals surface area contributed by atoms with Crippen molar-refractivity contribution >= 4 is 17.2 Å². The fourth-order valence-electron chi connectivity index (χ4n) is 6.25. The van der Waals surface area contributed by atoms with Crippen molar-refractivity contribution in [2.45, 2.75) is 78.3 Å². The molecule has 4 nitrogen and oxygen atoms in total. The fourth-order valence-corrected chi connectivity index (χ4v) is 6.25. The minimum Gasteiger partial charge on any atom is -0.337 e. The molecule has 0 saturated carbocycles. The van der Waals surface area contributed by atoms with Crippen LogP contribution in [0.5, 0.6) is 0 Å². The lowest BCUT2D eigenvalue weighted by Gasteiger charge is -2.50. The third-order valence-electron chi connectivity index (χ3n) is 8.57. The predicted molar refractivity (Wildman–Crippen MR) is 143 cm³/mol. The van der Waals surface area contributed by atoms with Crippen LogP contribution in [0.1, 0.15) is 83.4 Å². The number of hydrogen-bond donors (Lipinski definition) is 0. The van der Waals surface area contributed by atoms with E-state index in [0.29, 0.717) is 17.8 Å².